The Balaban J connectivity index is 1.11. The molecule has 1 aliphatic heterocycles. The quantitative estimate of drug-likeness (QED) is 0.722. The Bertz CT molecular complexity index is 944. The lowest BCUT2D eigenvalue weighted by Crippen LogP contribution is -2.33. The molecule has 158 valence electrons. The van der Waals surface area contributed by atoms with E-state index in [1.54, 1.807) is 4.90 Å². The lowest BCUT2D eigenvalue weighted by atomic mass is 10.0. The highest BCUT2D eigenvalue weighted by molar-refractivity contribution is 7.11. The van der Waals surface area contributed by atoms with Crippen LogP contribution in [-0.4, -0.2) is 29.9 Å². The van der Waals surface area contributed by atoms with Crippen LogP contribution in [0.25, 0.3) is 0 Å². The minimum absolute atomic E-state index is 0.00504. The summed E-state index contributed by atoms with van der Waals surface area (Å²) in [7, 11) is 0. The second kappa shape index (κ2) is 8.50. The predicted molar refractivity (Wildman–Crippen MR) is 119 cm³/mol. The third kappa shape index (κ3) is 4.02. The molecular weight excluding hydrogens is 394 g/mol. The summed E-state index contributed by atoms with van der Waals surface area (Å²) in [5.74, 6) is -0.190. The summed E-state index contributed by atoms with van der Waals surface area (Å²) in [5, 5.41) is 4.25. The van der Waals surface area contributed by atoms with E-state index in [0.717, 1.165) is 37.8 Å². The SMILES string of the molecule is O=C(NCCCc1nc2c(s1)CCCC2)C1CC(=O)N(c2ccc3c(c2)CCC3)C1. The van der Waals surface area contributed by atoms with Crippen molar-refractivity contribution in [1.82, 2.24) is 10.3 Å². The van der Waals surface area contributed by atoms with Crippen molar-refractivity contribution in [1.29, 1.82) is 0 Å². The number of aromatic nitrogens is 1. The molecule has 2 heterocycles. The van der Waals surface area contributed by atoms with Crippen LogP contribution in [0.15, 0.2) is 18.2 Å². The van der Waals surface area contributed by atoms with Crippen molar-refractivity contribution in [3.63, 3.8) is 0 Å². The number of rotatable bonds is 6. The number of carbonyl (C=O) groups excluding carboxylic acids is 2. The number of nitrogens with one attached hydrogen (secondary N) is 1. The van der Waals surface area contributed by atoms with Crippen LogP contribution in [-0.2, 0) is 41.7 Å². The molecule has 3 aliphatic rings. The molecule has 1 N–H and O–H groups in total. The molecule has 1 saturated heterocycles. The monoisotopic (exact) mass is 423 g/mol. The van der Waals surface area contributed by atoms with Crippen LogP contribution in [0.5, 0.6) is 0 Å². The highest BCUT2D eigenvalue weighted by Crippen LogP contribution is 2.31. The Morgan fingerprint density at radius 3 is 2.90 bits per heavy atom. The Hall–Kier alpha value is -2.21. The zero-order valence-electron chi connectivity index (χ0n) is 17.4. The summed E-state index contributed by atoms with van der Waals surface area (Å²) in [6.07, 6.45) is 10.4. The molecule has 6 heteroatoms. The van der Waals surface area contributed by atoms with Crippen LogP contribution in [0.2, 0.25) is 0 Å². The largest absolute Gasteiger partial charge is 0.356 e. The molecule has 2 aromatic rings. The first-order valence-corrected chi connectivity index (χ1v) is 12.2. The highest BCUT2D eigenvalue weighted by atomic mass is 32.1. The van der Waals surface area contributed by atoms with E-state index in [4.69, 9.17) is 4.98 Å². The second-order valence-corrected chi connectivity index (χ2v) is 9.96. The minimum Gasteiger partial charge on any atom is -0.356 e. The number of nitrogens with zero attached hydrogens (tertiary/aromatic N) is 2. The van der Waals surface area contributed by atoms with E-state index in [9.17, 15) is 9.59 Å². The van der Waals surface area contributed by atoms with Gasteiger partial charge in [0, 0.05) is 36.5 Å². The molecule has 5 rings (SSSR count). The fraction of sp³-hybridized carbons (Fsp3) is 0.542. The van der Waals surface area contributed by atoms with Crippen molar-refractivity contribution >= 4 is 28.8 Å². The molecule has 1 aromatic carbocycles. The topological polar surface area (TPSA) is 62.3 Å². The zero-order chi connectivity index (χ0) is 20.5. The van der Waals surface area contributed by atoms with Crippen LogP contribution in [0.4, 0.5) is 5.69 Å². The van der Waals surface area contributed by atoms with Crippen molar-refractivity contribution < 1.29 is 9.59 Å². The number of hydrogen-bond donors (Lipinski definition) is 1. The van der Waals surface area contributed by atoms with Gasteiger partial charge in [0.05, 0.1) is 16.6 Å². The fourth-order valence-electron chi connectivity index (χ4n) is 4.97. The van der Waals surface area contributed by atoms with Crippen LogP contribution in [0.3, 0.4) is 0 Å². The maximum atomic E-state index is 12.6. The van der Waals surface area contributed by atoms with Gasteiger partial charge in [-0.2, -0.15) is 0 Å². The van der Waals surface area contributed by atoms with Gasteiger partial charge in [0.2, 0.25) is 11.8 Å². The molecular formula is C24H29N3O2S. The van der Waals surface area contributed by atoms with Gasteiger partial charge < -0.3 is 10.2 Å². The molecule has 30 heavy (non-hydrogen) atoms. The lowest BCUT2D eigenvalue weighted by molar-refractivity contribution is -0.126. The number of carbonyl (C=O) groups is 2. The van der Waals surface area contributed by atoms with E-state index in [1.807, 2.05) is 17.4 Å². The molecule has 1 fully saturated rings. The predicted octanol–water partition coefficient (Wildman–Crippen LogP) is 3.61. The Morgan fingerprint density at radius 1 is 1.13 bits per heavy atom. The van der Waals surface area contributed by atoms with Crippen molar-refractivity contribution in [2.45, 2.75) is 64.2 Å². The number of anilines is 1. The first kappa shape index (κ1) is 19.7. The highest BCUT2D eigenvalue weighted by Gasteiger charge is 2.35. The van der Waals surface area contributed by atoms with Crippen molar-refractivity contribution in [3.8, 4) is 0 Å². The Labute approximate surface area is 181 Å². The van der Waals surface area contributed by atoms with Crippen LogP contribution >= 0.6 is 11.3 Å². The molecule has 0 saturated carbocycles. The zero-order valence-corrected chi connectivity index (χ0v) is 18.2. The van der Waals surface area contributed by atoms with Gasteiger partial charge in [0.15, 0.2) is 0 Å². The third-order valence-electron chi connectivity index (χ3n) is 6.65. The van der Waals surface area contributed by atoms with Gasteiger partial charge in [-0.15, -0.1) is 11.3 Å². The molecule has 1 atom stereocenters. The summed E-state index contributed by atoms with van der Waals surface area (Å²) < 4.78 is 0. The maximum Gasteiger partial charge on any atom is 0.227 e. The number of hydrogen-bond acceptors (Lipinski definition) is 4. The van der Waals surface area contributed by atoms with E-state index in [1.165, 1.54) is 52.4 Å². The van der Waals surface area contributed by atoms with Crippen LogP contribution in [0, 0.1) is 5.92 Å². The van der Waals surface area contributed by atoms with Gasteiger partial charge in [-0.3, -0.25) is 9.59 Å². The summed E-state index contributed by atoms with van der Waals surface area (Å²) >= 11 is 1.85. The second-order valence-electron chi connectivity index (χ2n) is 8.79. The van der Waals surface area contributed by atoms with Crippen molar-refractivity contribution in [2.24, 2.45) is 5.92 Å². The average molecular weight is 424 g/mol. The van der Waals surface area contributed by atoms with Crippen molar-refractivity contribution in [2.75, 3.05) is 18.0 Å². The molecule has 0 spiro atoms. The average Bonchev–Trinajstić information content (AvgIpc) is 3.47. The summed E-state index contributed by atoms with van der Waals surface area (Å²) in [6, 6.07) is 6.33. The lowest BCUT2D eigenvalue weighted by Gasteiger charge is -2.18. The number of amides is 2. The van der Waals surface area contributed by atoms with Gasteiger partial charge in [0.1, 0.15) is 0 Å². The smallest absolute Gasteiger partial charge is 0.227 e. The Kier molecular flexibility index (Phi) is 5.59. The number of thiazole rings is 1. The van der Waals surface area contributed by atoms with Gasteiger partial charge >= 0.3 is 0 Å². The van der Waals surface area contributed by atoms with Gasteiger partial charge in [-0.1, -0.05) is 6.07 Å². The van der Waals surface area contributed by atoms with Crippen LogP contribution < -0.4 is 10.2 Å². The van der Waals surface area contributed by atoms with E-state index in [2.05, 4.69) is 17.4 Å². The van der Waals surface area contributed by atoms with E-state index in [0.29, 0.717) is 19.5 Å². The van der Waals surface area contributed by atoms with E-state index >= 15 is 0 Å². The number of fused-ring (bicyclic) bond motifs is 2. The summed E-state index contributed by atoms with van der Waals surface area (Å²) in [4.78, 5) is 33.2. The van der Waals surface area contributed by atoms with E-state index in [-0.39, 0.29) is 17.7 Å². The molecule has 1 unspecified atom stereocenters. The summed E-state index contributed by atoms with van der Waals surface area (Å²) in [6.45, 7) is 1.13. The summed E-state index contributed by atoms with van der Waals surface area (Å²) in [5.41, 5.74) is 5.02. The van der Waals surface area contributed by atoms with Crippen LogP contribution in [0.1, 0.15) is 58.8 Å². The molecule has 1 aromatic heterocycles. The Morgan fingerprint density at radius 2 is 2.00 bits per heavy atom. The first-order valence-electron chi connectivity index (χ1n) is 11.3. The first-order chi connectivity index (χ1) is 14.7. The third-order valence-corrected chi connectivity index (χ3v) is 7.86. The molecule has 2 amide bonds. The van der Waals surface area contributed by atoms with E-state index < -0.39 is 0 Å². The number of aryl methyl sites for hydroxylation is 5. The van der Waals surface area contributed by atoms with Gasteiger partial charge in [0.25, 0.3) is 0 Å². The molecule has 0 bridgehead atoms. The van der Waals surface area contributed by atoms with Gasteiger partial charge in [-0.25, -0.2) is 4.98 Å². The van der Waals surface area contributed by atoms with Crippen molar-refractivity contribution in [3.05, 3.63) is 44.9 Å². The normalized spacial score (nSPS) is 20.3. The minimum atomic E-state index is -0.252. The fourth-order valence-corrected chi connectivity index (χ4v) is 6.17. The van der Waals surface area contributed by atoms with Gasteiger partial charge in [-0.05, 0) is 74.6 Å². The molecule has 2 aliphatic carbocycles. The molecule has 5 nitrogen and oxygen atoms in total. The standard InChI is InChI=1S/C24H29N3O2S/c28-23-14-18(15-27(23)19-11-10-16-5-3-6-17(16)13-19)24(29)25-12-4-9-22-26-20-7-1-2-8-21(20)30-22/h10-11,13,18H,1-9,12,14-15H2,(H,25,29). The number of benzene rings is 1. The molecule has 0 radical (unpaired) electrons. The maximum absolute atomic E-state index is 12.6.